The molecule has 0 aromatic carbocycles. The van der Waals surface area contributed by atoms with Crippen LogP contribution in [-0.2, 0) is 4.79 Å². The lowest BCUT2D eigenvalue weighted by molar-refractivity contribution is -0.145. The Hall–Kier alpha value is -1.85. The van der Waals surface area contributed by atoms with E-state index in [2.05, 4.69) is 15.3 Å². The van der Waals surface area contributed by atoms with Gasteiger partial charge in [0.15, 0.2) is 0 Å². The molecule has 2 fully saturated rings. The van der Waals surface area contributed by atoms with E-state index in [9.17, 15) is 14.7 Å². The van der Waals surface area contributed by atoms with Crippen molar-refractivity contribution in [1.29, 1.82) is 0 Å². The molecular formula is C12H15N3O3. The number of nitrogens with zero attached hydrogens (tertiary/aromatic N) is 1. The van der Waals surface area contributed by atoms with Gasteiger partial charge in [0.25, 0.3) is 5.56 Å². The summed E-state index contributed by atoms with van der Waals surface area (Å²) in [4.78, 5) is 29.8. The van der Waals surface area contributed by atoms with Gasteiger partial charge in [-0.2, -0.15) is 0 Å². The van der Waals surface area contributed by atoms with Crippen molar-refractivity contribution >= 4 is 11.8 Å². The minimum Gasteiger partial charge on any atom is -0.480 e. The molecule has 0 unspecified atom stereocenters. The van der Waals surface area contributed by atoms with Crippen molar-refractivity contribution in [3.63, 3.8) is 0 Å². The van der Waals surface area contributed by atoms with Crippen LogP contribution in [0.15, 0.2) is 10.9 Å². The summed E-state index contributed by atoms with van der Waals surface area (Å²) >= 11 is 0. The molecule has 0 radical (unpaired) electrons. The fraction of sp³-hybridized carbons (Fsp3) is 0.583. The van der Waals surface area contributed by atoms with E-state index >= 15 is 0 Å². The van der Waals surface area contributed by atoms with Crippen LogP contribution in [0.25, 0.3) is 0 Å². The number of hydrogen-bond acceptors (Lipinski definition) is 4. The Kier molecular flexibility index (Phi) is 2.39. The molecule has 6 heteroatoms. The second kappa shape index (κ2) is 3.83. The van der Waals surface area contributed by atoms with E-state index in [4.69, 9.17) is 0 Å². The molecule has 1 heterocycles. The van der Waals surface area contributed by atoms with Gasteiger partial charge < -0.3 is 15.4 Å². The Balaban J connectivity index is 1.87. The third kappa shape index (κ3) is 1.87. The van der Waals surface area contributed by atoms with Crippen LogP contribution in [0.4, 0.5) is 5.82 Å². The van der Waals surface area contributed by atoms with Gasteiger partial charge in [0.1, 0.15) is 17.2 Å². The maximum atomic E-state index is 11.5. The first-order valence-corrected chi connectivity index (χ1v) is 6.22. The topological polar surface area (TPSA) is 95.1 Å². The molecule has 0 saturated heterocycles. The van der Waals surface area contributed by atoms with Crippen molar-refractivity contribution in [2.45, 2.75) is 43.6 Å². The van der Waals surface area contributed by atoms with Crippen molar-refractivity contribution in [3.8, 4) is 0 Å². The molecule has 3 rings (SSSR count). The zero-order valence-corrected chi connectivity index (χ0v) is 9.90. The number of H-pyrrole nitrogens is 1. The molecule has 2 saturated carbocycles. The molecule has 0 spiro atoms. The second-order valence-electron chi connectivity index (χ2n) is 5.16. The molecule has 1 aromatic heterocycles. The van der Waals surface area contributed by atoms with E-state index in [0.29, 0.717) is 30.4 Å². The molecule has 6 nitrogen and oxygen atoms in total. The number of aliphatic carboxylic acids is 1. The summed E-state index contributed by atoms with van der Waals surface area (Å²) in [7, 11) is 0. The van der Waals surface area contributed by atoms with Crippen molar-refractivity contribution in [3.05, 3.63) is 22.2 Å². The number of hydrogen-bond donors (Lipinski definition) is 3. The van der Waals surface area contributed by atoms with Crippen LogP contribution < -0.4 is 10.9 Å². The van der Waals surface area contributed by atoms with Crippen LogP contribution in [0.3, 0.4) is 0 Å². The SMILES string of the molecule is O=C(O)C1(Nc2cc(=O)[nH]c(C3CC3)n2)CCC1. The van der Waals surface area contributed by atoms with Crippen LogP contribution in [-0.4, -0.2) is 26.6 Å². The fourth-order valence-corrected chi connectivity index (χ4v) is 2.26. The van der Waals surface area contributed by atoms with Crippen LogP contribution in [0.1, 0.15) is 43.8 Å². The van der Waals surface area contributed by atoms with Crippen LogP contribution in [0.2, 0.25) is 0 Å². The van der Waals surface area contributed by atoms with Gasteiger partial charge in [0.05, 0.1) is 0 Å². The molecule has 0 atom stereocenters. The molecular weight excluding hydrogens is 234 g/mol. The van der Waals surface area contributed by atoms with Gasteiger partial charge in [-0.15, -0.1) is 0 Å². The number of aromatic amines is 1. The van der Waals surface area contributed by atoms with Crippen molar-refractivity contribution in [2.75, 3.05) is 5.32 Å². The zero-order chi connectivity index (χ0) is 12.8. The first-order valence-electron chi connectivity index (χ1n) is 6.22. The highest BCUT2D eigenvalue weighted by molar-refractivity contribution is 5.83. The lowest BCUT2D eigenvalue weighted by Gasteiger charge is -2.38. The summed E-state index contributed by atoms with van der Waals surface area (Å²) in [5, 5.41) is 12.2. The first kappa shape index (κ1) is 11.3. The summed E-state index contributed by atoms with van der Waals surface area (Å²) in [5.41, 5.74) is -1.16. The normalized spacial score (nSPS) is 21.1. The van der Waals surface area contributed by atoms with Gasteiger partial charge in [0.2, 0.25) is 0 Å². The summed E-state index contributed by atoms with van der Waals surface area (Å²) in [5.74, 6) is 0.512. The average molecular weight is 249 g/mol. The number of carbonyl (C=O) groups is 1. The Labute approximate surface area is 103 Å². The maximum absolute atomic E-state index is 11.5. The minimum absolute atomic E-state index is 0.228. The minimum atomic E-state index is -0.929. The number of carboxylic acid groups (broad SMARTS) is 1. The van der Waals surface area contributed by atoms with E-state index in [1.807, 2.05) is 0 Å². The zero-order valence-electron chi connectivity index (χ0n) is 9.90. The second-order valence-corrected chi connectivity index (χ2v) is 5.16. The summed E-state index contributed by atoms with van der Waals surface area (Å²) < 4.78 is 0. The highest BCUT2D eigenvalue weighted by Gasteiger charge is 2.44. The Bertz CT molecular complexity index is 544. The van der Waals surface area contributed by atoms with E-state index in [1.54, 1.807) is 0 Å². The Morgan fingerprint density at radius 3 is 2.72 bits per heavy atom. The fourth-order valence-electron chi connectivity index (χ4n) is 2.26. The molecule has 96 valence electrons. The predicted octanol–water partition coefficient (Wildman–Crippen LogP) is 1.07. The molecule has 0 bridgehead atoms. The van der Waals surface area contributed by atoms with Crippen molar-refractivity contribution in [1.82, 2.24) is 9.97 Å². The molecule has 3 N–H and O–H groups in total. The first-order chi connectivity index (χ1) is 8.59. The van der Waals surface area contributed by atoms with Gasteiger partial charge in [-0.25, -0.2) is 9.78 Å². The number of carboxylic acids is 1. The standard InChI is InChI=1S/C12H15N3O3/c16-9-6-8(13-10(14-9)7-2-3-7)15-12(11(17)18)4-1-5-12/h6-7H,1-5H2,(H,17,18)(H2,13,14,15,16). The van der Waals surface area contributed by atoms with Crippen LogP contribution in [0.5, 0.6) is 0 Å². The number of anilines is 1. The van der Waals surface area contributed by atoms with Crippen molar-refractivity contribution in [2.24, 2.45) is 0 Å². The number of rotatable bonds is 4. The van der Waals surface area contributed by atoms with E-state index in [0.717, 1.165) is 19.3 Å². The monoisotopic (exact) mass is 249 g/mol. The van der Waals surface area contributed by atoms with Gasteiger partial charge in [-0.3, -0.25) is 4.79 Å². The number of nitrogens with one attached hydrogen (secondary N) is 2. The average Bonchev–Trinajstić information content (AvgIpc) is 3.05. The summed E-state index contributed by atoms with van der Waals surface area (Å²) in [6.07, 6.45) is 4.12. The largest absolute Gasteiger partial charge is 0.480 e. The summed E-state index contributed by atoms with van der Waals surface area (Å²) in [6, 6.07) is 1.33. The third-order valence-corrected chi connectivity index (χ3v) is 3.71. The molecule has 2 aliphatic rings. The Morgan fingerprint density at radius 1 is 1.50 bits per heavy atom. The maximum Gasteiger partial charge on any atom is 0.329 e. The molecule has 1 aromatic rings. The van der Waals surface area contributed by atoms with Gasteiger partial charge in [-0.05, 0) is 32.1 Å². The van der Waals surface area contributed by atoms with E-state index < -0.39 is 11.5 Å². The highest BCUT2D eigenvalue weighted by atomic mass is 16.4. The molecule has 18 heavy (non-hydrogen) atoms. The molecule has 2 aliphatic carbocycles. The van der Waals surface area contributed by atoms with E-state index in [1.165, 1.54) is 6.07 Å². The van der Waals surface area contributed by atoms with Crippen LogP contribution >= 0.6 is 0 Å². The lowest BCUT2D eigenvalue weighted by Crippen LogP contribution is -2.52. The number of aromatic nitrogens is 2. The van der Waals surface area contributed by atoms with Gasteiger partial charge >= 0.3 is 5.97 Å². The highest BCUT2D eigenvalue weighted by Crippen LogP contribution is 2.39. The molecule has 0 amide bonds. The van der Waals surface area contributed by atoms with Gasteiger partial charge in [-0.1, -0.05) is 0 Å². The Morgan fingerprint density at radius 2 is 2.22 bits per heavy atom. The van der Waals surface area contributed by atoms with Crippen molar-refractivity contribution < 1.29 is 9.90 Å². The quantitative estimate of drug-likeness (QED) is 0.741. The smallest absolute Gasteiger partial charge is 0.329 e. The van der Waals surface area contributed by atoms with E-state index in [-0.39, 0.29) is 5.56 Å². The molecule has 0 aliphatic heterocycles. The lowest BCUT2D eigenvalue weighted by atomic mass is 9.77. The van der Waals surface area contributed by atoms with Gasteiger partial charge in [0, 0.05) is 12.0 Å². The predicted molar refractivity (Wildman–Crippen MR) is 64.7 cm³/mol. The van der Waals surface area contributed by atoms with Crippen LogP contribution in [0, 0.1) is 0 Å². The third-order valence-electron chi connectivity index (χ3n) is 3.71. The summed E-state index contributed by atoms with van der Waals surface area (Å²) in [6.45, 7) is 0.